The van der Waals surface area contributed by atoms with Crippen molar-refractivity contribution < 1.29 is 4.74 Å². The minimum absolute atomic E-state index is 0.328. The van der Waals surface area contributed by atoms with E-state index in [0.717, 1.165) is 12.5 Å². The third kappa shape index (κ3) is 3.25. The molecule has 0 amide bonds. The van der Waals surface area contributed by atoms with Gasteiger partial charge < -0.3 is 15.4 Å². The number of rotatable bonds is 4. The molecule has 0 radical (unpaired) electrons. The highest BCUT2D eigenvalue weighted by molar-refractivity contribution is 4.93. The van der Waals surface area contributed by atoms with E-state index in [9.17, 15) is 0 Å². The Morgan fingerprint density at radius 1 is 1.33 bits per heavy atom. The fraction of sp³-hybridized carbons (Fsp3) is 1.00. The zero-order valence-corrected chi connectivity index (χ0v) is 12.3. The third-order valence-electron chi connectivity index (χ3n) is 5.07. The molecule has 2 N–H and O–H groups in total. The Balaban J connectivity index is 1.83. The maximum Gasteiger partial charge on any atom is 0.0503 e. The molecule has 106 valence electrons. The second kappa shape index (κ2) is 5.89. The number of hydrogen-bond acceptors (Lipinski definition) is 3. The van der Waals surface area contributed by atoms with Crippen molar-refractivity contribution in [2.45, 2.75) is 45.6 Å². The summed E-state index contributed by atoms with van der Waals surface area (Å²) in [6, 6.07) is 0.368. The van der Waals surface area contributed by atoms with Crippen LogP contribution in [0.2, 0.25) is 0 Å². The molecule has 0 aromatic carbocycles. The quantitative estimate of drug-likeness (QED) is 0.835. The summed E-state index contributed by atoms with van der Waals surface area (Å²) in [5, 5.41) is 0. The zero-order valence-electron chi connectivity index (χ0n) is 12.3. The first-order valence-electron chi connectivity index (χ1n) is 7.50. The van der Waals surface area contributed by atoms with E-state index in [0.29, 0.717) is 17.4 Å². The van der Waals surface area contributed by atoms with Gasteiger partial charge in [-0.2, -0.15) is 0 Å². The summed E-state index contributed by atoms with van der Waals surface area (Å²) >= 11 is 0. The Hall–Kier alpha value is -0.120. The summed E-state index contributed by atoms with van der Waals surface area (Å²) in [7, 11) is 1.81. The van der Waals surface area contributed by atoms with Crippen molar-refractivity contribution >= 4 is 0 Å². The summed E-state index contributed by atoms with van der Waals surface area (Å²) in [5.74, 6) is 1.43. The number of ether oxygens (including phenoxy) is 1. The summed E-state index contributed by atoms with van der Waals surface area (Å²) in [6.07, 6.45) is 5.24. The number of methoxy groups -OCH3 is 1. The molecule has 3 atom stereocenters. The molecule has 1 saturated carbocycles. The second-order valence-corrected chi connectivity index (χ2v) is 7.04. The number of nitrogens with zero attached hydrogens (tertiary/aromatic N) is 1. The van der Waals surface area contributed by atoms with Crippen LogP contribution in [0.5, 0.6) is 0 Å². The SMILES string of the molecule is COCC1CCN(CC2CCCC(C)(C)C2N)C1. The molecule has 2 aliphatic rings. The van der Waals surface area contributed by atoms with Gasteiger partial charge in [0.05, 0.1) is 6.61 Å². The van der Waals surface area contributed by atoms with Gasteiger partial charge in [-0.05, 0) is 43.1 Å². The molecule has 1 aliphatic heterocycles. The van der Waals surface area contributed by atoms with Gasteiger partial charge in [0, 0.05) is 26.2 Å². The van der Waals surface area contributed by atoms with Gasteiger partial charge in [0.1, 0.15) is 0 Å². The van der Waals surface area contributed by atoms with Gasteiger partial charge >= 0.3 is 0 Å². The van der Waals surface area contributed by atoms with Crippen molar-refractivity contribution in [3.8, 4) is 0 Å². The predicted octanol–water partition coefficient (Wildman–Crippen LogP) is 2.11. The van der Waals surface area contributed by atoms with E-state index in [4.69, 9.17) is 10.5 Å². The summed E-state index contributed by atoms with van der Waals surface area (Å²) < 4.78 is 5.27. The summed E-state index contributed by atoms with van der Waals surface area (Å²) in [6.45, 7) is 9.22. The van der Waals surface area contributed by atoms with Crippen LogP contribution in [-0.2, 0) is 4.74 Å². The van der Waals surface area contributed by atoms with Gasteiger partial charge in [-0.3, -0.25) is 0 Å². The van der Waals surface area contributed by atoms with Crippen LogP contribution in [0.3, 0.4) is 0 Å². The molecule has 0 spiro atoms. The van der Waals surface area contributed by atoms with Crippen LogP contribution in [0.15, 0.2) is 0 Å². The summed E-state index contributed by atoms with van der Waals surface area (Å²) in [5.41, 5.74) is 6.80. The van der Waals surface area contributed by atoms with Crippen LogP contribution in [0.1, 0.15) is 39.5 Å². The molecule has 1 saturated heterocycles. The molecule has 0 bridgehead atoms. The molecule has 18 heavy (non-hydrogen) atoms. The van der Waals surface area contributed by atoms with Gasteiger partial charge in [0.2, 0.25) is 0 Å². The van der Waals surface area contributed by atoms with E-state index in [2.05, 4.69) is 18.7 Å². The van der Waals surface area contributed by atoms with E-state index in [-0.39, 0.29) is 0 Å². The maximum absolute atomic E-state index is 6.48. The van der Waals surface area contributed by atoms with Crippen LogP contribution < -0.4 is 5.73 Å². The highest BCUT2D eigenvalue weighted by Crippen LogP contribution is 2.38. The van der Waals surface area contributed by atoms with Crippen molar-refractivity contribution in [1.29, 1.82) is 0 Å². The molecule has 2 fully saturated rings. The highest BCUT2D eigenvalue weighted by Gasteiger charge is 2.37. The molecule has 3 nitrogen and oxygen atoms in total. The highest BCUT2D eigenvalue weighted by atomic mass is 16.5. The van der Waals surface area contributed by atoms with Crippen molar-refractivity contribution in [3.63, 3.8) is 0 Å². The number of hydrogen-bond donors (Lipinski definition) is 1. The average Bonchev–Trinajstić information content (AvgIpc) is 2.73. The molecule has 0 aromatic rings. The molecule has 1 heterocycles. The number of nitrogens with two attached hydrogens (primary N) is 1. The van der Waals surface area contributed by atoms with Crippen molar-refractivity contribution in [1.82, 2.24) is 4.90 Å². The third-order valence-corrected chi connectivity index (χ3v) is 5.07. The zero-order chi connectivity index (χ0) is 13.2. The Morgan fingerprint density at radius 2 is 2.11 bits per heavy atom. The standard InChI is InChI=1S/C15H30N2O/c1-15(2)7-4-5-13(14(15)16)10-17-8-6-12(9-17)11-18-3/h12-14H,4-11,16H2,1-3H3. The molecule has 3 heteroatoms. The van der Waals surface area contributed by atoms with Gasteiger partial charge in [0.15, 0.2) is 0 Å². The molecule has 0 aromatic heterocycles. The number of likely N-dealkylation sites (tertiary alicyclic amines) is 1. The van der Waals surface area contributed by atoms with Gasteiger partial charge in [0.25, 0.3) is 0 Å². The first kappa shape index (κ1) is 14.3. The van der Waals surface area contributed by atoms with E-state index < -0.39 is 0 Å². The van der Waals surface area contributed by atoms with E-state index in [1.807, 2.05) is 7.11 Å². The Kier molecular flexibility index (Phi) is 4.68. The first-order valence-corrected chi connectivity index (χ1v) is 7.50. The monoisotopic (exact) mass is 254 g/mol. The smallest absolute Gasteiger partial charge is 0.0503 e. The van der Waals surface area contributed by atoms with Gasteiger partial charge in [-0.25, -0.2) is 0 Å². The first-order chi connectivity index (χ1) is 8.53. The Labute approximate surface area is 112 Å². The van der Waals surface area contributed by atoms with Crippen LogP contribution in [0.25, 0.3) is 0 Å². The lowest BCUT2D eigenvalue weighted by molar-refractivity contribution is 0.105. The van der Waals surface area contributed by atoms with E-state index in [1.54, 1.807) is 0 Å². The summed E-state index contributed by atoms with van der Waals surface area (Å²) in [4.78, 5) is 2.61. The lowest BCUT2D eigenvalue weighted by Crippen LogP contribution is -2.50. The molecule has 2 rings (SSSR count). The molecule has 3 unspecified atom stereocenters. The Morgan fingerprint density at radius 3 is 2.83 bits per heavy atom. The van der Waals surface area contributed by atoms with Crippen LogP contribution in [-0.4, -0.2) is 44.3 Å². The lowest BCUT2D eigenvalue weighted by Gasteiger charge is -2.43. The molecular weight excluding hydrogens is 224 g/mol. The van der Waals surface area contributed by atoms with E-state index in [1.165, 1.54) is 45.3 Å². The van der Waals surface area contributed by atoms with Crippen LogP contribution in [0.4, 0.5) is 0 Å². The van der Waals surface area contributed by atoms with Crippen molar-refractivity contribution in [3.05, 3.63) is 0 Å². The molecule has 1 aliphatic carbocycles. The fourth-order valence-electron chi connectivity index (χ4n) is 3.79. The van der Waals surface area contributed by atoms with Crippen LogP contribution in [0, 0.1) is 17.3 Å². The van der Waals surface area contributed by atoms with Crippen molar-refractivity contribution in [2.75, 3.05) is 33.4 Å². The van der Waals surface area contributed by atoms with Crippen LogP contribution >= 0.6 is 0 Å². The largest absolute Gasteiger partial charge is 0.384 e. The second-order valence-electron chi connectivity index (χ2n) is 7.04. The predicted molar refractivity (Wildman–Crippen MR) is 75.5 cm³/mol. The molecular formula is C15H30N2O. The minimum Gasteiger partial charge on any atom is -0.384 e. The van der Waals surface area contributed by atoms with E-state index >= 15 is 0 Å². The Bertz CT molecular complexity index is 267. The van der Waals surface area contributed by atoms with Gasteiger partial charge in [-0.15, -0.1) is 0 Å². The lowest BCUT2D eigenvalue weighted by atomic mass is 9.68. The fourth-order valence-corrected chi connectivity index (χ4v) is 3.79. The topological polar surface area (TPSA) is 38.5 Å². The minimum atomic E-state index is 0.328. The normalized spacial score (nSPS) is 37.0. The maximum atomic E-state index is 6.48. The average molecular weight is 254 g/mol. The van der Waals surface area contributed by atoms with Gasteiger partial charge in [-0.1, -0.05) is 20.3 Å². The van der Waals surface area contributed by atoms with Crippen molar-refractivity contribution in [2.24, 2.45) is 23.0 Å².